The Bertz CT molecular complexity index is 761. The third-order valence-corrected chi connectivity index (χ3v) is 6.31. The average Bonchev–Trinajstić information content (AvgIpc) is 3.11. The smallest absolute Gasteiger partial charge is 0.406 e. The van der Waals surface area contributed by atoms with E-state index in [1.165, 1.54) is 13.5 Å². The summed E-state index contributed by atoms with van der Waals surface area (Å²) in [4.78, 5) is 25.9. The molecule has 0 saturated carbocycles. The molecule has 1 aromatic carbocycles. The first-order valence-electron chi connectivity index (χ1n) is 12.4. The molecule has 3 amide bonds. The van der Waals surface area contributed by atoms with E-state index >= 15 is 0 Å². The zero-order valence-corrected chi connectivity index (χ0v) is 21.9. The highest BCUT2D eigenvalue weighted by Crippen LogP contribution is 2.24. The molecule has 1 fully saturated rings. The van der Waals surface area contributed by atoms with Gasteiger partial charge in [-0.1, -0.05) is 30.2 Å². The summed E-state index contributed by atoms with van der Waals surface area (Å²) in [7, 11) is 5.00. The number of nitrogens with zero attached hydrogens (tertiary/aromatic N) is 1. The number of carbonyl (C=O) groups is 2. The molecule has 1 aliphatic rings. The van der Waals surface area contributed by atoms with E-state index in [2.05, 4.69) is 20.7 Å². The molecule has 1 heterocycles. The molecule has 2 rings (SSSR count). The van der Waals surface area contributed by atoms with Crippen LogP contribution in [0.1, 0.15) is 43.8 Å². The number of rotatable bonds is 13. The Morgan fingerprint density at radius 1 is 1.31 bits per heavy atom. The van der Waals surface area contributed by atoms with Gasteiger partial charge in [-0.3, -0.25) is 0 Å². The van der Waals surface area contributed by atoms with Gasteiger partial charge < -0.3 is 35.1 Å². The maximum atomic E-state index is 12.9. The minimum Gasteiger partial charge on any atom is -0.453 e. The van der Waals surface area contributed by atoms with Crippen LogP contribution >= 0.6 is 11.6 Å². The van der Waals surface area contributed by atoms with Gasteiger partial charge in [0.05, 0.1) is 19.8 Å². The van der Waals surface area contributed by atoms with E-state index in [0.29, 0.717) is 43.6 Å². The Balaban J connectivity index is 1.89. The van der Waals surface area contributed by atoms with Crippen molar-refractivity contribution in [3.63, 3.8) is 0 Å². The molecule has 3 N–H and O–H groups in total. The molecule has 0 unspecified atom stereocenters. The van der Waals surface area contributed by atoms with Crippen LogP contribution in [0, 0.1) is 5.92 Å². The average molecular weight is 513 g/mol. The highest BCUT2D eigenvalue weighted by Gasteiger charge is 2.22. The molecule has 1 aromatic rings. The number of hydrogen-bond donors (Lipinski definition) is 3. The molecular formula is C25H41ClN4O5. The Hall–Kier alpha value is -2.07. The van der Waals surface area contributed by atoms with Gasteiger partial charge in [-0.25, -0.2) is 9.59 Å². The highest BCUT2D eigenvalue weighted by atomic mass is 35.5. The first kappa shape index (κ1) is 29.2. The molecule has 35 heavy (non-hydrogen) atoms. The summed E-state index contributed by atoms with van der Waals surface area (Å²) in [6.07, 6.45) is 4.10. The van der Waals surface area contributed by atoms with Crippen molar-refractivity contribution in [1.29, 1.82) is 0 Å². The monoisotopic (exact) mass is 512 g/mol. The van der Waals surface area contributed by atoms with Crippen molar-refractivity contribution in [2.24, 2.45) is 5.92 Å². The lowest BCUT2D eigenvalue weighted by molar-refractivity contribution is 0.0438. The fourth-order valence-electron chi connectivity index (χ4n) is 4.18. The summed E-state index contributed by atoms with van der Waals surface area (Å²) < 4.78 is 16.3. The van der Waals surface area contributed by atoms with E-state index in [1.54, 1.807) is 11.9 Å². The molecule has 1 saturated heterocycles. The molecule has 0 spiro atoms. The number of methoxy groups -OCH3 is 1. The van der Waals surface area contributed by atoms with Crippen LogP contribution in [0.15, 0.2) is 24.3 Å². The number of urea groups is 1. The van der Waals surface area contributed by atoms with Gasteiger partial charge in [0.2, 0.25) is 0 Å². The fraction of sp³-hybridized carbons (Fsp3) is 0.680. The van der Waals surface area contributed by atoms with Crippen LogP contribution in [0.5, 0.6) is 0 Å². The topological polar surface area (TPSA) is 101 Å². The van der Waals surface area contributed by atoms with E-state index in [0.717, 1.165) is 38.0 Å². The van der Waals surface area contributed by atoms with Crippen molar-refractivity contribution >= 4 is 23.7 Å². The lowest BCUT2D eigenvalue weighted by atomic mass is 9.95. The molecule has 3 atom stereocenters. The predicted molar refractivity (Wildman–Crippen MR) is 137 cm³/mol. The zero-order valence-electron chi connectivity index (χ0n) is 21.2. The number of alkyl carbamates (subject to hydrolysis) is 1. The van der Waals surface area contributed by atoms with Crippen LogP contribution in [0.25, 0.3) is 0 Å². The molecule has 0 bridgehead atoms. The van der Waals surface area contributed by atoms with Crippen molar-refractivity contribution in [1.82, 2.24) is 20.9 Å². The number of amides is 3. The number of carbonyl (C=O) groups excluding carboxylic acids is 2. The third kappa shape index (κ3) is 11.5. The Labute approximate surface area is 214 Å². The van der Waals surface area contributed by atoms with Gasteiger partial charge in [-0.15, -0.1) is 0 Å². The lowest BCUT2D eigenvalue weighted by Crippen LogP contribution is -2.48. The van der Waals surface area contributed by atoms with Crippen LogP contribution in [-0.2, 0) is 14.2 Å². The Morgan fingerprint density at radius 3 is 2.89 bits per heavy atom. The van der Waals surface area contributed by atoms with E-state index in [4.69, 9.17) is 21.1 Å². The van der Waals surface area contributed by atoms with Gasteiger partial charge in [-0.2, -0.15) is 0 Å². The molecule has 9 nitrogen and oxygen atoms in total. The van der Waals surface area contributed by atoms with Crippen molar-refractivity contribution in [2.45, 2.75) is 44.2 Å². The summed E-state index contributed by atoms with van der Waals surface area (Å²) in [6.45, 7) is 3.41. The van der Waals surface area contributed by atoms with Gasteiger partial charge in [0.25, 0.3) is 0 Å². The van der Waals surface area contributed by atoms with E-state index < -0.39 is 6.09 Å². The van der Waals surface area contributed by atoms with Crippen LogP contribution in [0.4, 0.5) is 9.59 Å². The fourth-order valence-corrected chi connectivity index (χ4v) is 4.37. The largest absolute Gasteiger partial charge is 0.453 e. The second-order valence-corrected chi connectivity index (χ2v) is 9.36. The number of halogens is 1. The third-order valence-electron chi connectivity index (χ3n) is 6.07. The van der Waals surface area contributed by atoms with E-state index in [1.807, 2.05) is 31.3 Å². The first-order chi connectivity index (χ1) is 16.9. The molecule has 0 aliphatic carbocycles. The standard InChI is InChI=1S/C25H41ClN4O5/c1-27-17-22(15-19-7-4-5-13-34-18-19)29-24(31)30(2)12-10-23(20-8-6-9-21(26)16-20)35-14-11-28-25(32)33-3/h6,8-9,16,19,22-23,27H,4-5,7,10-15,17-18H2,1-3H3,(H,28,32)(H,29,31)/t19-,22+,23-/m1/s1. The quantitative estimate of drug-likeness (QED) is 0.349. The zero-order chi connectivity index (χ0) is 25.5. The van der Waals surface area contributed by atoms with Crippen molar-refractivity contribution in [2.75, 3.05) is 60.7 Å². The predicted octanol–water partition coefficient (Wildman–Crippen LogP) is 3.58. The molecule has 1 aliphatic heterocycles. The normalized spacial score (nSPS) is 17.7. The number of ether oxygens (including phenoxy) is 3. The SMILES string of the molecule is CNC[C@H](C[C@H]1CCCCOC1)NC(=O)N(C)CC[C@@H](OCCNC(=O)OC)c1cccc(Cl)c1. The van der Waals surface area contributed by atoms with Crippen LogP contribution in [-0.4, -0.2) is 83.7 Å². The Kier molecular flexibility index (Phi) is 13.8. The van der Waals surface area contributed by atoms with Gasteiger partial charge in [0.15, 0.2) is 0 Å². The van der Waals surface area contributed by atoms with Crippen LogP contribution in [0.2, 0.25) is 5.02 Å². The lowest BCUT2D eigenvalue weighted by Gasteiger charge is -2.27. The molecule has 0 radical (unpaired) electrons. The van der Waals surface area contributed by atoms with E-state index in [9.17, 15) is 9.59 Å². The molecular weight excluding hydrogens is 472 g/mol. The van der Waals surface area contributed by atoms with Crippen molar-refractivity contribution in [3.8, 4) is 0 Å². The molecule has 198 valence electrons. The Morgan fingerprint density at radius 2 is 2.14 bits per heavy atom. The maximum absolute atomic E-state index is 12.9. The van der Waals surface area contributed by atoms with Gasteiger partial charge in [0, 0.05) is 51.0 Å². The minimum atomic E-state index is -0.504. The summed E-state index contributed by atoms with van der Waals surface area (Å²) in [6, 6.07) is 7.40. The van der Waals surface area contributed by atoms with Gasteiger partial charge in [-0.05, 0) is 56.3 Å². The minimum absolute atomic E-state index is 0.0334. The maximum Gasteiger partial charge on any atom is 0.406 e. The van der Waals surface area contributed by atoms with Crippen LogP contribution in [0.3, 0.4) is 0 Å². The molecule has 10 heteroatoms. The molecule has 0 aromatic heterocycles. The van der Waals surface area contributed by atoms with E-state index in [-0.39, 0.29) is 18.2 Å². The van der Waals surface area contributed by atoms with Gasteiger partial charge >= 0.3 is 12.1 Å². The van der Waals surface area contributed by atoms with Gasteiger partial charge in [0.1, 0.15) is 0 Å². The number of hydrogen-bond acceptors (Lipinski definition) is 6. The number of nitrogens with one attached hydrogen (secondary N) is 3. The number of benzene rings is 1. The summed E-state index contributed by atoms with van der Waals surface area (Å²) >= 11 is 6.18. The summed E-state index contributed by atoms with van der Waals surface area (Å²) in [5.41, 5.74) is 0.922. The second kappa shape index (κ2) is 16.6. The highest BCUT2D eigenvalue weighted by molar-refractivity contribution is 6.30. The summed E-state index contributed by atoms with van der Waals surface area (Å²) in [5, 5.41) is 9.59. The van der Waals surface area contributed by atoms with Crippen molar-refractivity contribution < 1.29 is 23.8 Å². The first-order valence-corrected chi connectivity index (χ1v) is 12.7. The summed E-state index contributed by atoms with van der Waals surface area (Å²) in [5.74, 6) is 0.459. The number of likely N-dealkylation sites (N-methyl/N-ethyl adjacent to an activating group) is 1. The second-order valence-electron chi connectivity index (χ2n) is 8.92. The van der Waals surface area contributed by atoms with Crippen molar-refractivity contribution in [3.05, 3.63) is 34.9 Å². The van der Waals surface area contributed by atoms with Crippen LogP contribution < -0.4 is 16.0 Å².